The van der Waals surface area contributed by atoms with E-state index in [1.165, 1.54) is 7.11 Å². The number of benzene rings is 2. The molecule has 9 heteroatoms. The third-order valence-corrected chi connectivity index (χ3v) is 6.22. The Balaban J connectivity index is 1.35. The van der Waals surface area contributed by atoms with Crippen LogP contribution >= 0.6 is 0 Å². The molecule has 2 aromatic rings. The van der Waals surface area contributed by atoms with Crippen molar-refractivity contribution in [3.8, 4) is 11.1 Å². The molecule has 1 saturated heterocycles. The van der Waals surface area contributed by atoms with Gasteiger partial charge in [-0.05, 0) is 28.7 Å². The van der Waals surface area contributed by atoms with Crippen LogP contribution in [0.25, 0.3) is 11.1 Å². The third-order valence-electron chi connectivity index (χ3n) is 6.22. The van der Waals surface area contributed by atoms with Gasteiger partial charge < -0.3 is 30.0 Å². The van der Waals surface area contributed by atoms with Crippen LogP contribution in [-0.4, -0.2) is 68.2 Å². The van der Waals surface area contributed by atoms with Gasteiger partial charge in [-0.15, -0.1) is 0 Å². The van der Waals surface area contributed by atoms with E-state index in [0.29, 0.717) is 6.42 Å². The summed E-state index contributed by atoms with van der Waals surface area (Å²) in [7, 11) is 1.45. The maximum atomic E-state index is 12.6. The molecule has 2 amide bonds. The summed E-state index contributed by atoms with van der Waals surface area (Å²) in [5.74, 6) is -1.83. The molecule has 1 unspecified atom stereocenters. The summed E-state index contributed by atoms with van der Waals surface area (Å²) in [6.45, 7) is 0.606. The fourth-order valence-corrected chi connectivity index (χ4v) is 4.53. The van der Waals surface area contributed by atoms with Gasteiger partial charge in [0.15, 0.2) is 6.10 Å². The van der Waals surface area contributed by atoms with Gasteiger partial charge in [-0.25, -0.2) is 9.59 Å². The van der Waals surface area contributed by atoms with Crippen molar-refractivity contribution in [2.24, 2.45) is 0 Å². The maximum Gasteiger partial charge on any atom is 0.407 e. The van der Waals surface area contributed by atoms with E-state index in [1.807, 2.05) is 36.4 Å². The standard InChI is InChI=1S/C25H28N2O7/c1-32-12-10-21(24(29)30)26-23(28)22-20(11-13-33-22)27-25(31)34-14-19-17-8-4-2-6-15(17)16-7-3-5-9-18(16)19/h2-9,19-22H,10-14H2,1H3,(H,26,28)(H,27,31)(H,29,30)/t20-,21?,22+/m0/s1. The number of carbonyl (C=O) groups is 3. The number of rotatable bonds is 9. The van der Waals surface area contributed by atoms with Gasteiger partial charge in [0.2, 0.25) is 0 Å². The highest BCUT2D eigenvalue weighted by Gasteiger charge is 2.37. The number of alkyl carbamates (subject to hydrolysis) is 1. The lowest BCUT2D eigenvalue weighted by Gasteiger charge is -2.22. The van der Waals surface area contributed by atoms with Crippen LogP contribution in [0.1, 0.15) is 29.9 Å². The van der Waals surface area contributed by atoms with Crippen LogP contribution in [0.15, 0.2) is 48.5 Å². The second-order valence-corrected chi connectivity index (χ2v) is 8.34. The molecule has 34 heavy (non-hydrogen) atoms. The normalized spacial score (nSPS) is 19.7. The van der Waals surface area contributed by atoms with Gasteiger partial charge in [-0.1, -0.05) is 48.5 Å². The lowest BCUT2D eigenvalue weighted by Crippen LogP contribution is -2.52. The number of carboxylic acid groups (broad SMARTS) is 1. The number of carboxylic acids is 1. The van der Waals surface area contributed by atoms with E-state index in [1.54, 1.807) is 0 Å². The predicted octanol–water partition coefficient (Wildman–Crippen LogP) is 2.29. The summed E-state index contributed by atoms with van der Waals surface area (Å²) in [5.41, 5.74) is 4.48. The maximum absolute atomic E-state index is 12.6. The molecule has 2 aliphatic rings. The Morgan fingerprint density at radius 3 is 2.35 bits per heavy atom. The molecule has 1 aliphatic carbocycles. The molecule has 0 aromatic heterocycles. The van der Waals surface area contributed by atoms with Crippen LogP contribution in [0.2, 0.25) is 0 Å². The Morgan fingerprint density at radius 1 is 1.09 bits per heavy atom. The van der Waals surface area contributed by atoms with Crippen LogP contribution in [-0.2, 0) is 23.8 Å². The zero-order valence-corrected chi connectivity index (χ0v) is 18.9. The summed E-state index contributed by atoms with van der Waals surface area (Å²) in [6, 6.07) is 14.4. The highest BCUT2D eigenvalue weighted by molar-refractivity contribution is 5.87. The molecular formula is C25H28N2O7. The van der Waals surface area contributed by atoms with E-state index in [4.69, 9.17) is 14.2 Å². The minimum Gasteiger partial charge on any atom is -0.480 e. The van der Waals surface area contributed by atoms with Crippen molar-refractivity contribution in [1.82, 2.24) is 10.6 Å². The first-order chi connectivity index (χ1) is 16.5. The first-order valence-electron chi connectivity index (χ1n) is 11.2. The highest BCUT2D eigenvalue weighted by atomic mass is 16.6. The first kappa shape index (κ1) is 23.7. The number of fused-ring (bicyclic) bond motifs is 3. The van der Waals surface area contributed by atoms with Crippen LogP contribution in [0.5, 0.6) is 0 Å². The molecule has 3 atom stereocenters. The summed E-state index contributed by atoms with van der Waals surface area (Å²) < 4.78 is 15.9. The van der Waals surface area contributed by atoms with Gasteiger partial charge in [-0.2, -0.15) is 0 Å². The van der Waals surface area contributed by atoms with E-state index in [-0.39, 0.29) is 32.2 Å². The zero-order valence-electron chi connectivity index (χ0n) is 18.9. The Kier molecular flexibility index (Phi) is 7.44. The Bertz CT molecular complexity index is 1010. The highest BCUT2D eigenvalue weighted by Crippen LogP contribution is 2.44. The van der Waals surface area contributed by atoms with Crippen molar-refractivity contribution in [2.45, 2.75) is 36.9 Å². The average Bonchev–Trinajstić information content (AvgIpc) is 3.42. The molecule has 1 aliphatic heterocycles. The van der Waals surface area contributed by atoms with E-state index >= 15 is 0 Å². The van der Waals surface area contributed by atoms with Crippen LogP contribution in [0.4, 0.5) is 4.79 Å². The fourth-order valence-electron chi connectivity index (χ4n) is 4.53. The SMILES string of the molecule is COCCC(NC(=O)[C@@H]1OCC[C@@H]1NC(=O)OCC1c2ccccc2-c2ccccc21)C(=O)O. The molecule has 1 fully saturated rings. The van der Waals surface area contributed by atoms with Crippen molar-refractivity contribution in [1.29, 1.82) is 0 Å². The molecule has 0 radical (unpaired) electrons. The van der Waals surface area contributed by atoms with E-state index in [2.05, 4.69) is 22.8 Å². The molecule has 1 heterocycles. The van der Waals surface area contributed by atoms with E-state index < -0.39 is 36.2 Å². The summed E-state index contributed by atoms with van der Waals surface area (Å²) in [6.07, 6.45) is -1.11. The zero-order chi connectivity index (χ0) is 24.1. The Labute approximate surface area is 197 Å². The summed E-state index contributed by atoms with van der Waals surface area (Å²) in [5, 5.41) is 14.5. The minimum absolute atomic E-state index is 0.0748. The summed E-state index contributed by atoms with van der Waals surface area (Å²) >= 11 is 0. The quantitative estimate of drug-likeness (QED) is 0.516. The monoisotopic (exact) mass is 468 g/mol. The van der Waals surface area contributed by atoms with Crippen molar-refractivity contribution >= 4 is 18.0 Å². The van der Waals surface area contributed by atoms with Crippen molar-refractivity contribution < 1.29 is 33.7 Å². The number of amides is 2. The smallest absolute Gasteiger partial charge is 0.407 e. The van der Waals surface area contributed by atoms with Gasteiger partial charge in [0.1, 0.15) is 12.6 Å². The van der Waals surface area contributed by atoms with Crippen LogP contribution in [0, 0.1) is 0 Å². The molecule has 0 saturated carbocycles. The molecule has 4 rings (SSSR count). The van der Waals surface area contributed by atoms with Crippen molar-refractivity contribution in [2.75, 3.05) is 26.9 Å². The average molecular weight is 469 g/mol. The Morgan fingerprint density at radius 2 is 1.74 bits per heavy atom. The van der Waals surface area contributed by atoms with Gasteiger partial charge in [0.25, 0.3) is 5.91 Å². The number of hydrogen-bond acceptors (Lipinski definition) is 6. The lowest BCUT2D eigenvalue weighted by molar-refractivity contribution is -0.144. The third kappa shape index (κ3) is 5.05. The van der Waals surface area contributed by atoms with Gasteiger partial charge in [0.05, 0.1) is 6.04 Å². The van der Waals surface area contributed by atoms with Gasteiger partial charge >= 0.3 is 12.1 Å². The Hall–Kier alpha value is -3.43. The number of nitrogens with one attached hydrogen (secondary N) is 2. The molecule has 3 N–H and O–H groups in total. The topological polar surface area (TPSA) is 123 Å². The molecule has 180 valence electrons. The lowest BCUT2D eigenvalue weighted by atomic mass is 9.98. The number of aliphatic carboxylic acids is 1. The number of methoxy groups -OCH3 is 1. The number of hydrogen-bond donors (Lipinski definition) is 3. The number of carbonyl (C=O) groups excluding carboxylic acids is 2. The first-order valence-corrected chi connectivity index (χ1v) is 11.2. The second-order valence-electron chi connectivity index (χ2n) is 8.34. The molecule has 0 spiro atoms. The summed E-state index contributed by atoms with van der Waals surface area (Å²) in [4.78, 5) is 36.6. The van der Waals surface area contributed by atoms with Gasteiger partial charge in [0, 0.05) is 32.7 Å². The van der Waals surface area contributed by atoms with E-state index in [9.17, 15) is 19.5 Å². The molecule has 2 aromatic carbocycles. The fraction of sp³-hybridized carbons (Fsp3) is 0.400. The van der Waals surface area contributed by atoms with Crippen LogP contribution < -0.4 is 10.6 Å². The minimum atomic E-state index is -1.16. The largest absolute Gasteiger partial charge is 0.480 e. The second kappa shape index (κ2) is 10.7. The molecule has 0 bridgehead atoms. The predicted molar refractivity (Wildman–Crippen MR) is 122 cm³/mol. The van der Waals surface area contributed by atoms with Crippen LogP contribution in [0.3, 0.4) is 0 Å². The van der Waals surface area contributed by atoms with E-state index in [0.717, 1.165) is 22.3 Å². The number of ether oxygens (including phenoxy) is 3. The molecule has 9 nitrogen and oxygen atoms in total. The molecular weight excluding hydrogens is 440 g/mol. The van der Waals surface area contributed by atoms with Gasteiger partial charge in [-0.3, -0.25) is 4.79 Å². The van der Waals surface area contributed by atoms with Crippen molar-refractivity contribution in [3.63, 3.8) is 0 Å². The van der Waals surface area contributed by atoms with Crippen molar-refractivity contribution in [3.05, 3.63) is 59.7 Å².